The molecule has 0 saturated carbocycles. The highest BCUT2D eigenvalue weighted by molar-refractivity contribution is 5.81. The van der Waals surface area contributed by atoms with E-state index in [1.165, 1.54) is 0 Å². The summed E-state index contributed by atoms with van der Waals surface area (Å²) < 4.78 is 11.2. The van der Waals surface area contributed by atoms with Gasteiger partial charge in [-0.15, -0.1) is 0 Å². The van der Waals surface area contributed by atoms with Crippen LogP contribution in [0.25, 0.3) is 10.9 Å². The van der Waals surface area contributed by atoms with Crippen LogP contribution in [0.4, 0.5) is 0 Å². The van der Waals surface area contributed by atoms with Gasteiger partial charge >= 0.3 is 0 Å². The van der Waals surface area contributed by atoms with Crippen LogP contribution in [0.5, 0.6) is 17.2 Å². The number of H-pyrrole nitrogens is 1. The molecule has 3 aromatic rings. The Morgan fingerprint density at radius 2 is 1.87 bits per heavy atom. The second kappa shape index (κ2) is 5.47. The lowest BCUT2D eigenvalue weighted by molar-refractivity contribution is 0.379. The van der Waals surface area contributed by atoms with E-state index < -0.39 is 0 Å². The fourth-order valence-electron chi connectivity index (χ4n) is 3.17. The standard InChI is InChI=1S/C19H17NO3/c1-22-17-7-2-3-8-18(17)23-12-9-10-16-14(11-12)19(21)13-5-4-6-15(13)20-16/h2-3,7-11H,4-6H2,1H3,(H,20,21). The van der Waals surface area contributed by atoms with E-state index in [9.17, 15) is 4.79 Å². The first-order valence-corrected chi connectivity index (χ1v) is 7.75. The lowest BCUT2D eigenvalue weighted by atomic mass is 10.1. The van der Waals surface area contributed by atoms with Crippen molar-refractivity contribution >= 4 is 10.9 Å². The maximum atomic E-state index is 12.6. The SMILES string of the molecule is COc1ccccc1Oc1ccc2[nH]c3c(c(=O)c2c1)CCC3. The molecule has 1 aliphatic rings. The van der Waals surface area contributed by atoms with Crippen LogP contribution in [0.2, 0.25) is 0 Å². The Bertz CT molecular complexity index is 943. The van der Waals surface area contributed by atoms with Crippen LogP contribution in [0, 0.1) is 0 Å². The van der Waals surface area contributed by atoms with Gasteiger partial charge in [-0.3, -0.25) is 4.79 Å². The van der Waals surface area contributed by atoms with Gasteiger partial charge in [0.25, 0.3) is 0 Å². The van der Waals surface area contributed by atoms with Gasteiger partial charge in [0, 0.05) is 22.2 Å². The number of benzene rings is 2. The summed E-state index contributed by atoms with van der Waals surface area (Å²) in [5.74, 6) is 1.92. The lowest BCUT2D eigenvalue weighted by Gasteiger charge is -2.11. The van der Waals surface area contributed by atoms with Crippen LogP contribution in [0.1, 0.15) is 17.7 Å². The number of fused-ring (bicyclic) bond motifs is 2. The van der Waals surface area contributed by atoms with Gasteiger partial charge in [-0.05, 0) is 49.6 Å². The van der Waals surface area contributed by atoms with Gasteiger partial charge in [-0.1, -0.05) is 12.1 Å². The minimum Gasteiger partial charge on any atom is -0.493 e. The van der Waals surface area contributed by atoms with Crippen LogP contribution >= 0.6 is 0 Å². The molecular formula is C19H17NO3. The average Bonchev–Trinajstić information content (AvgIpc) is 3.05. The molecule has 0 atom stereocenters. The molecule has 23 heavy (non-hydrogen) atoms. The zero-order valence-corrected chi connectivity index (χ0v) is 12.9. The van der Waals surface area contributed by atoms with Crippen molar-refractivity contribution in [1.82, 2.24) is 4.98 Å². The maximum Gasteiger partial charge on any atom is 0.192 e. The third-order valence-electron chi connectivity index (χ3n) is 4.31. The molecule has 1 heterocycles. The van der Waals surface area contributed by atoms with Crippen molar-refractivity contribution in [2.24, 2.45) is 0 Å². The molecule has 1 aromatic heterocycles. The largest absolute Gasteiger partial charge is 0.493 e. The van der Waals surface area contributed by atoms with E-state index in [2.05, 4.69) is 4.98 Å². The van der Waals surface area contributed by atoms with Crippen LogP contribution in [0.15, 0.2) is 47.3 Å². The first-order valence-electron chi connectivity index (χ1n) is 7.75. The number of methoxy groups -OCH3 is 1. The number of hydrogen-bond acceptors (Lipinski definition) is 3. The Balaban J connectivity index is 1.79. The third-order valence-corrected chi connectivity index (χ3v) is 4.31. The van der Waals surface area contributed by atoms with Crippen LogP contribution in [-0.2, 0) is 12.8 Å². The smallest absolute Gasteiger partial charge is 0.192 e. The van der Waals surface area contributed by atoms with E-state index in [4.69, 9.17) is 9.47 Å². The van der Waals surface area contributed by atoms with Crippen molar-refractivity contribution in [2.75, 3.05) is 7.11 Å². The normalized spacial score (nSPS) is 13.1. The molecule has 0 aliphatic heterocycles. The van der Waals surface area contributed by atoms with E-state index in [-0.39, 0.29) is 5.43 Å². The number of aryl methyl sites for hydroxylation is 1. The number of aromatic amines is 1. The van der Waals surface area contributed by atoms with Gasteiger partial charge in [-0.25, -0.2) is 0 Å². The second-order valence-corrected chi connectivity index (χ2v) is 5.73. The first kappa shape index (κ1) is 13.9. The number of aromatic nitrogens is 1. The third kappa shape index (κ3) is 2.36. The highest BCUT2D eigenvalue weighted by atomic mass is 16.5. The number of rotatable bonds is 3. The predicted octanol–water partition coefficient (Wildman–Crippen LogP) is 3.82. The van der Waals surface area contributed by atoms with E-state index in [0.29, 0.717) is 22.6 Å². The Morgan fingerprint density at radius 3 is 2.70 bits per heavy atom. The Kier molecular flexibility index (Phi) is 3.30. The molecular weight excluding hydrogens is 290 g/mol. The Morgan fingerprint density at radius 1 is 1.04 bits per heavy atom. The zero-order valence-electron chi connectivity index (χ0n) is 12.9. The molecule has 4 heteroatoms. The van der Waals surface area contributed by atoms with E-state index in [0.717, 1.165) is 36.0 Å². The summed E-state index contributed by atoms with van der Waals surface area (Å²) in [4.78, 5) is 16.0. The molecule has 1 aliphatic carbocycles. The Hall–Kier alpha value is -2.75. The molecule has 4 rings (SSSR count). The molecule has 2 aromatic carbocycles. The average molecular weight is 307 g/mol. The summed E-state index contributed by atoms with van der Waals surface area (Å²) >= 11 is 0. The molecule has 0 unspecified atom stereocenters. The molecule has 0 spiro atoms. The van der Waals surface area contributed by atoms with E-state index >= 15 is 0 Å². The fourth-order valence-corrected chi connectivity index (χ4v) is 3.17. The molecule has 0 fully saturated rings. The monoisotopic (exact) mass is 307 g/mol. The molecule has 0 amide bonds. The summed E-state index contributed by atoms with van der Waals surface area (Å²) in [5.41, 5.74) is 2.99. The highest BCUT2D eigenvalue weighted by Gasteiger charge is 2.17. The van der Waals surface area contributed by atoms with Gasteiger partial charge in [0.2, 0.25) is 0 Å². The number of hydrogen-bond donors (Lipinski definition) is 1. The Labute approximate surface area is 133 Å². The molecule has 0 radical (unpaired) electrons. The fraction of sp³-hybridized carbons (Fsp3) is 0.211. The van der Waals surface area contributed by atoms with E-state index in [1.807, 2.05) is 36.4 Å². The lowest BCUT2D eigenvalue weighted by Crippen LogP contribution is -2.10. The topological polar surface area (TPSA) is 51.3 Å². The van der Waals surface area contributed by atoms with Gasteiger partial charge < -0.3 is 14.5 Å². The second-order valence-electron chi connectivity index (χ2n) is 5.73. The summed E-state index contributed by atoms with van der Waals surface area (Å²) in [6.07, 6.45) is 2.86. The van der Waals surface area contributed by atoms with E-state index in [1.54, 1.807) is 13.2 Å². The summed E-state index contributed by atoms with van der Waals surface area (Å²) in [7, 11) is 1.61. The van der Waals surface area contributed by atoms with Gasteiger partial charge in [0.1, 0.15) is 5.75 Å². The maximum absolute atomic E-state index is 12.6. The van der Waals surface area contributed by atoms with Gasteiger partial charge in [0.15, 0.2) is 16.9 Å². The van der Waals surface area contributed by atoms with Crippen molar-refractivity contribution < 1.29 is 9.47 Å². The number of pyridine rings is 1. The highest BCUT2D eigenvalue weighted by Crippen LogP contribution is 2.32. The van der Waals surface area contributed by atoms with Crippen molar-refractivity contribution in [2.45, 2.75) is 19.3 Å². The minimum absolute atomic E-state index is 0.122. The van der Waals surface area contributed by atoms with Crippen molar-refractivity contribution in [1.29, 1.82) is 0 Å². The van der Waals surface area contributed by atoms with Crippen LogP contribution in [-0.4, -0.2) is 12.1 Å². The number of para-hydroxylation sites is 2. The van der Waals surface area contributed by atoms with Gasteiger partial charge in [0.05, 0.1) is 7.11 Å². The first-order chi connectivity index (χ1) is 11.3. The van der Waals surface area contributed by atoms with Crippen molar-refractivity contribution in [3.8, 4) is 17.2 Å². The summed E-state index contributed by atoms with van der Waals surface area (Å²) in [5, 5.41) is 0.679. The molecule has 1 N–H and O–H groups in total. The van der Waals surface area contributed by atoms with Gasteiger partial charge in [-0.2, -0.15) is 0 Å². The summed E-state index contributed by atoms with van der Waals surface area (Å²) in [6.45, 7) is 0. The quantitative estimate of drug-likeness (QED) is 0.800. The molecule has 4 nitrogen and oxygen atoms in total. The predicted molar refractivity (Wildman–Crippen MR) is 89.7 cm³/mol. The number of ether oxygens (including phenoxy) is 2. The molecule has 0 bridgehead atoms. The molecule has 116 valence electrons. The minimum atomic E-state index is 0.122. The van der Waals surface area contributed by atoms with Crippen molar-refractivity contribution in [3.05, 3.63) is 63.9 Å². The van der Waals surface area contributed by atoms with Crippen LogP contribution < -0.4 is 14.9 Å². The summed E-state index contributed by atoms with van der Waals surface area (Å²) in [6, 6.07) is 13.0. The number of nitrogens with one attached hydrogen (secondary N) is 1. The van der Waals surface area contributed by atoms with Crippen molar-refractivity contribution in [3.63, 3.8) is 0 Å². The molecule has 0 saturated heterocycles. The zero-order chi connectivity index (χ0) is 15.8. The van der Waals surface area contributed by atoms with Crippen LogP contribution in [0.3, 0.4) is 0 Å².